The third kappa shape index (κ3) is 3.97. The van der Waals surface area contributed by atoms with Crippen LogP contribution in [0.4, 0.5) is 0 Å². The number of carbonyl (C=O) groups is 2. The number of nitrogens with zero attached hydrogens (tertiary/aromatic N) is 2. The molecule has 0 bridgehead atoms. The van der Waals surface area contributed by atoms with Crippen LogP contribution in [0.3, 0.4) is 0 Å². The molecule has 134 valence electrons. The minimum atomic E-state index is -0.349. The van der Waals surface area contributed by atoms with Crippen molar-refractivity contribution < 1.29 is 18.6 Å². The Labute approximate surface area is 149 Å². The van der Waals surface area contributed by atoms with Gasteiger partial charge in [-0.15, -0.1) is 0 Å². The molecule has 0 radical (unpaired) electrons. The van der Waals surface area contributed by atoms with Crippen molar-refractivity contribution in [1.29, 1.82) is 0 Å². The predicted octanol–water partition coefficient (Wildman–Crippen LogP) is 1.97. The van der Waals surface area contributed by atoms with Crippen LogP contribution in [-0.4, -0.2) is 35.7 Å². The highest BCUT2D eigenvalue weighted by atomic mass is 16.5. The standard InChI is InChI=1S/C18H18N4O4/c1-11-3-5-12(6-4-11)16-10-15(22-26-16)18(24)20-8-7-13-9-14(21-25-13)17(23)19-2/h3-6,9-10H,7-8H2,1-2H3,(H,19,23)(H,20,24). The summed E-state index contributed by atoms with van der Waals surface area (Å²) in [6.45, 7) is 2.31. The molecule has 8 nitrogen and oxygen atoms in total. The molecule has 0 aliphatic heterocycles. The first kappa shape index (κ1) is 17.4. The van der Waals surface area contributed by atoms with E-state index in [1.807, 2.05) is 31.2 Å². The zero-order valence-electron chi connectivity index (χ0n) is 14.4. The van der Waals surface area contributed by atoms with Gasteiger partial charge in [-0.1, -0.05) is 40.1 Å². The van der Waals surface area contributed by atoms with E-state index >= 15 is 0 Å². The maximum Gasteiger partial charge on any atom is 0.273 e. The number of rotatable bonds is 6. The molecule has 2 amide bonds. The third-order valence-electron chi connectivity index (χ3n) is 3.75. The SMILES string of the molecule is CNC(=O)c1cc(CCNC(=O)c2cc(-c3ccc(C)cc3)on2)on1. The minimum absolute atomic E-state index is 0.198. The summed E-state index contributed by atoms with van der Waals surface area (Å²) in [5.41, 5.74) is 2.39. The Hall–Kier alpha value is -3.42. The lowest BCUT2D eigenvalue weighted by Crippen LogP contribution is -2.25. The zero-order chi connectivity index (χ0) is 18.5. The topological polar surface area (TPSA) is 110 Å². The smallest absolute Gasteiger partial charge is 0.273 e. The number of amides is 2. The van der Waals surface area contributed by atoms with E-state index in [9.17, 15) is 9.59 Å². The molecule has 1 aromatic carbocycles. The highest BCUT2D eigenvalue weighted by Crippen LogP contribution is 2.20. The number of hydrogen-bond acceptors (Lipinski definition) is 6. The lowest BCUT2D eigenvalue weighted by molar-refractivity contribution is 0.0941. The van der Waals surface area contributed by atoms with Gasteiger partial charge >= 0.3 is 0 Å². The van der Waals surface area contributed by atoms with Gasteiger partial charge in [0.1, 0.15) is 5.76 Å². The van der Waals surface area contributed by atoms with Gasteiger partial charge < -0.3 is 19.7 Å². The maximum atomic E-state index is 12.1. The van der Waals surface area contributed by atoms with E-state index in [1.54, 1.807) is 6.07 Å². The fraction of sp³-hybridized carbons (Fsp3) is 0.222. The summed E-state index contributed by atoms with van der Waals surface area (Å²) >= 11 is 0. The van der Waals surface area contributed by atoms with E-state index in [2.05, 4.69) is 20.9 Å². The molecule has 3 aromatic rings. The molecule has 0 atom stereocenters. The van der Waals surface area contributed by atoms with Gasteiger partial charge in [0, 0.05) is 37.7 Å². The molecule has 2 N–H and O–H groups in total. The van der Waals surface area contributed by atoms with E-state index in [4.69, 9.17) is 9.05 Å². The molecular weight excluding hydrogens is 336 g/mol. The summed E-state index contributed by atoms with van der Waals surface area (Å²) in [5.74, 6) is 0.360. The van der Waals surface area contributed by atoms with Crippen LogP contribution < -0.4 is 10.6 Å². The van der Waals surface area contributed by atoms with Crippen molar-refractivity contribution in [2.24, 2.45) is 0 Å². The Morgan fingerprint density at radius 1 is 1.00 bits per heavy atom. The first-order valence-corrected chi connectivity index (χ1v) is 8.06. The molecule has 0 aliphatic carbocycles. The fourth-order valence-corrected chi connectivity index (χ4v) is 2.29. The van der Waals surface area contributed by atoms with E-state index in [1.165, 1.54) is 13.1 Å². The van der Waals surface area contributed by atoms with Crippen molar-refractivity contribution in [3.05, 3.63) is 59.1 Å². The van der Waals surface area contributed by atoms with Crippen LogP contribution >= 0.6 is 0 Å². The number of aromatic nitrogens is 2. The van der Waals surface area contributed by atoms with E-state index in [0.717, 1.165) is 11.1 Å². The van der Waals surface area contributed by atoms with Crippen LogP contribution in [0.1, 0.15) is 32.3 Å². The lowest BCUT2D eigenvalue weighted by atomic mass is 10.1. The Morgan fingerprint density at radius 2 is 1.69 bits per heavy atom. The van der Waals surface area contributed by atoms with Crippen LogP contribution in [0.2, 0.25) is 0 Å². The summed E-state index contributed by atoms with van der Waals surface area (Å²) in [5, 5.41) is 12.6. The molecule has 0 saturated heterocycles. The molecule has 2 aromatic heterocycles. The summed E-state index contributed by atoms with van der Waals surface area (Å²) in [7, 11) is 1.51. The van der Waals surface area contributed by atoms with Crippen LogP contribution in [0.5, 0.6) is 0 Å². The Morgan fingerprint density at radius 3 is 2.42 bits per heavy atom. The van der Waals surface area contributed by atoms with Crippen molar-refractivity contribution in [2.75, 3.05) is 13.6 Å². The maximum absolute atomic E-state index is 12.1. The van der Waals surface area contributed by atoms with Crippen molar-refractivity contribution in [3.63, 3.8) is 0 Å². The van der Waals surface area contributed by atoms with Crippen molar-refractivity contribution >= 4 is 11.8 Å². The van der Waals surface area contributed by atoms with Crippen LogP contribution in [0.25, 0.3) is 11.3 Å². The third-order valence-corrected chi connectivity index (χ3v) is 3.75. The number of carbonyl (C=O) groups excluding carboxylic acids is 2. The average molecular weight is 354 g/mol. The van der Waals surface area contributed by atoms with E-state index < -0.39 is 0 Å². The van der Waals surface area contributed by atoms with Crippen molar-refractivity contribution in [3.8, 4) is 11.3 Å². The van der Waals surface area contributed by atoms with Crippen LogP contribution in [0.15, 0.2) is 45.4 Å². The Balaban J connectivity index is 1.55. The van der Waals surface area contributed by atoms with Crippen LogP contribution in [0, 0.1) is 6.92 Å². The monoisotopic (exact) mass is 354 g/mol. The lowest BCUT2D eigenvalue weighted by Gasteiger charge is -1.99. The number of hydrogen-bond donors (Lipinski definition) is 2. The molecule has 0 fully saturated rings. The summed E-state index contributed by atoms with van der Waals surface area (Å²) in [6.07, 6.45) is 0.401. The van der Waals surface area contributed by atoms with Gasteiger partial charge in [0.05, 0.1) is 0 Å². The molecular formula is C18H18N4O4. The van der Waals surface area contributed by atoms with Gasteiger partial charge in [-0.3, -0.25) is 9.59 Å². The zero-order valence-corrected chi connectivity index (χ0v) is 14.4. The highest BCUT2D eigenvalue weighted by Gasteiger charge is 2.14. The Kier molecular flexibility index (Phi) is 5.12. The highest BCUT2D eigenvalue weighted by molar-refractivity contribution is 5.93. The summed E-state index contributed by atoms with van der Waals surface area (Å²) in [4.78, 5) is 23.6. The summed E-state index contributed by atoms with van der Waals surface area (Å²) < 4.78 is 10.3. The minimum Gasteiger partial charge on any atom is -0.361 e. The molecule has 26 heavy (non-hydrogen) atoms. The summed E-state index contributed by atoms with van der Waals surface area (Å²) in [6, 6.07) is 10.9. The second-order valence-corrected chi connectivity index (χ2v) is 5.71. The largest absolute Gasteiger partial charge is 0.361 e. The predicted molar refractivity (Wildman–Crippen MR) is 92.6 cm³/mol. The van der Waals surface area contributed by atoms with Crippen LogP contribution in [-0.2, 0) is 6.42 Å². The van der Waals surface area contributed by atoms with Crippen molar-refractivity contribution in [1.82, 2.24) is 20.9 Å². The number of nitrogens with one attached hydrogen (secondary N) is 2. The van der Waals surface area contributed by atoms with Gasteiger partial charge in [-0.05, 0) is 6.92 Å². The number of aryl methyl sites for hydroxylation is 1. The van der Waals surface area contributed by atoms with Gasteiger partial charge in [-0.25, -0.2) is 0 Å². The first-order chi connectivity index (χ1) is 12.6. The second-order valence-electron chi connectivity index (χ2n) is 5.71. The second kappa shape index (κ2) is 7.64. The Bertz CT molecular complexity index is 911. The average Bonchev–Trinajstić information content (AvgIpc) is 3.31. The molecule has 3 rings (SSSR count). The molecule has 2 heterocycles. The van der Waals surface area contributed by atoms with Crippen molar-refractivity contribution in [2.45, 2.75) is 13.3 Å². The molecule has 0 aliphatic rings. The molecule has 0 saturated carbocycles. The molecule has 0 spiro atoms. The van der Waals surface area contributed by atoms with Gasteiger partial charge in [-0.2, -0.15) is 0 Å². The number of benzene rings is 1. The van der Waals surface area contributed by atoms with E-state index in [0.29, 0.717) is 24.5 Å². The fourth-order valence-electron chi connectivity index (χ4n) is 2.29. The van der Waals surface area contributed by atoms with E-state index in [-0.39, 0.29) is 23.2 Å². The molecule has 8 heteroatoms. The van der Waals surface area contributed by atoms with Gasteiger partial charge in [0.15, 0.2) is 17.1 Å². The normalized spacial score (nSPS) is 10.5. The van der Waals surface area contributed by atoms with Gasteiger partial charge in [0.25, 0.3) is 11.8 Å². The van der Waals surface area contributed by atoms with Gasteiger partial charge in [0.2, 0.25) is 0 Å². The first-order valence-electron chi connectivity index (χ1n) is 8.06. The quantitative estimate of drug-likeness (QED) is 0.700. The molecule has 0 unspecified atom stereocenters.